The van der Waals surface area contributed by atoms with Gasteiger partial charge in [-0.2, -0.15) is 33.9 Å². The van der Waals surface area contributed by atoms with E-state index in [0.29, 0.717) is 40.7 Å². The summed E-state index contributed by atoms with van der Waals surface area (Å²) in [6, 6.07) is 4.37. The SMILES string of the molecule is CC(=O)N[C@@H]1C[C@H](NC(C)(C)C)CC[C@@H]1C1CCC(Nc2ncnc3cc(C(C)(C)C)nn23)C1=O.CC(=O)N[C@@H]1C[C@H](NC(C)(C)C)CC[C@@H]1C1CC[C@H](N)C1=O.CC(C)(C)c1cc2nc[nH]c(=O)n2n1.CC(C)(C)c1cc2nc[nH]c(=O)n2n1.COC(OC)OC.NNC(N)=O.[C-]#[N+]C/C(=N\NC(N)=O)C(C)(C)C.[C-]#[N+]CC(=O)C(C)(C)C. The molecule has 10 rings (SSSR count). The van der Waals surface area contributed by atoms with E-state index < -0.39 is 18.5 Å². The van der Waals surface area contributed by atoms with E-state index in [-0.39, 0.29) is 140 Å². The summed E-state index contributed by atoms with van der Waals surface area (Å²) in [4.78, 5) is 131. The number of aromatic nitrogens is 12. The molecule has 38 nitrogen and oxygen atoms in total. The molecule has 0 bridgehead atoms. The van der Waals surface area contributed by atoms with Gasteiger partial charge in [0.05, 0.1) is 41.8 Å². The zero-order chi connectivity index (χ0) is 90.7. The normalized spacial score (nSPS) is 20.8. The fourth-order valence-corrected chi connectivity index (χ4v) is 13.6. The van der Waals surface area contributed by atoms with Crippen molar-refractivity contribution >= 4 is 69.8 Å². The van der Waals surface area contributed by atoms with Crippen molar-refractivity contribution in [3.63, 3.8) is 0 Å². The smallest absolute Gasteiger partial charge is 0.349 e. The van der Waals surface area contributed by atoms with Crippen molar-refractivity contribution < 1.29 is 47.8 Å². The van der Waals surface area contributed by atoms with Crippen molar-refractivity contribution in [2.45, 2.75) is 294 Å². The Balaban J connectivity index is 0.000000378. The summed E-state index contributed by atoms with van der Waals surface area (Å²) in [5.74, 6) is 5.71. The van der Waals surface area contributed by atoms with Gasteiger partial charge in [0.15, 0.2) is 28.5 Å². The number of H-pyrrole nitrogens is 2. The molecular formula is C81H136N26O12. The highest BCUT2D eigenvalue weighted by Crippen LogP contribution is 2.41. The number of nitrogens with one attached hydrogen (secondary N) is 9. The van der Waals surface area contributed by atoms with E-state index in [1.54, 1.807) is 23.8 Å². The zero-order valence-electron chi connectivity index (χ0n) is 74.8. The number of anilines is 1. The molecular weight excluding hydrogens is 1530 g/mol. The van der Waals surface area contributed by atoms with Crippen molar-refractivity contribution in [3.8, 4) is 0 Å². The average molecular weight is 1670 g/mol. The van der Waals surface area contributed by atoms with E-state index in [1.807, 2.05) is 101 Å². The molecule has 0 spiro atoms. The first-order chi connectivity index (χ1) is 54.9. The third-order valence-corrected chi connectivity index (χ3v) is 19.5. The predicted molar refractivity (Wildman–Crippen MR) is 457 cm³/mol. The number of urea groups is 2. The van der Waals surface area contributed by atoms with Crippen LogP contribution in [0.2, 0.25) is 0 Å². The minimum atomic E-state index is -0.718. The van der Waals surface area contributed by atoms with Crippen LogP contribution in [0.5, 0.6) is 0 Å². The number of hydrazone groups is 1. The Morgan fingerprint density at radius 2 is 0.941 bits per heavy atom. The van der Waals surface area contributed by atoms with Crippen molar-refractivity contribution in [1.29, 1.82) is 0 Å². The number of amides is 6. The molecule has 3 unspecified atom stereocenters. The van der Waals surface area contributed by atoms with Crippen LogP contribution in [0.25, 0.3) is 26.6 Å². The first-order valence-corrected chi connectivity index (χ1v) is 39.9. The number of aromatic amines is 2. The fraction of sp³-hybridized carbons (Fsp3) is 0.691. The lowest BCUT2D eigenvalue weighted by Crippen LogP contribution is -2.54. The number of ether oxygens (including phenoxy) is 3. The number of hydrogen-bond donors (Lipinski definition) is 13. The maximum Gasteiger partial charge on any atom is 0.349 e. The van der Waals surface area contributed by atoms with Crippen LogP contribution in [0, 0.1) is 47.6 Å². The average Bonchev–Trinajstić information content (AvgIpc) is 1.66. The largest absolute Gasteiger partial charge is 0.353 e. The predicted octanol–water partition coefficient (Wildman–Crippen LogP) is 7.26. The molecule has 6 aromatic heterocycles. The molecule has 4 fully saturated rings. The van der Waals surface area contributed by atoms with Crippen molar-refractivity contribution in [2.75, 3.05) is 39.7 Å². The van der Waals surface area contributed by atoms with Gasteiger partial charge >= 0.3 is 23.4 Å². The first-order valence-electron chi connectivity index (χ1n) is 39.9. The molecule has 4 aliphatic carbocycles. The molecule has 6 aromatic rings. The molecule has 0 saturated heterocycles. The molecule has 17 N–H and O–H groups in total. The lowest BCUT2D eigenvalue weighted by atomic mass is 9.73. The van der Waals surface area contributed by atoms with E-state index in [4.69, 9.17) is 29.7 Å². The van der Waals surface area contributed by atoms with Gasteiger partial charge in [-0.1, -0.05) is 104 Å². The molecule has 6 amide bonds. The number of carbonyl (C=O) groups is 7. The molecule has 6 heterocycles. The summed E-state index contributed by atoms with van der Waals surface area (Å²) in [5.41, 5.74) is 22.8. The van der Waals surface area contributed by atoms with E-state index in [9.17, 15) is 43.2 Å². The molecule has 0 radical (unpaired) electrons. The topological polar surface area (TPSA) is 526 Å². The molecule has 4 aliphatic rings. The van der Waals surface area contributed by atoms with E-state index >= 15 is 0 Å². The number of carbonyl (C=O) groups excluding carboxylic acids is 7. The van der Waals surface area contributed by atoms with E-state index in [2.05, 4.69) is 175 Å². The monoisotopic (exact) mass is 1670 g/mol. The highest BCUT2D eigenvalue weighted by molar-refractivity contribution is 5.93. The highest BCUT2D eigenvalue weighted by Gasteiger charge is 2.46. The second kappa shape index (κ2) is 45.4. The highest BCUT2D eigenvalue weighted by atomic mass is 16.8. The number of fused-ring (bicyclic) bond motifs is 3. The summed E-state index contributed by atoms with van der Waals surface area (Å²) >= 11 is 0. The molecule has 10 atom stereocenters. The van der Waals surface area contributed by atoms with Crippen molar-refractivity contribution in [1.82, 2.24) is 90.9 Å². The summed E-state index contributed by atoms with van der Waals surface area (Å²) in [6.45, 7) is 58.7. The Morgan fingerprint density at radius 3 is 1.25 bits per heavy atom. The Bertz CT molecular complexity index is 4430. The number of hydrogen-bond acceptors (Lipinski definition) is 25. The second-order valence-electron chi connectivity index (χ2n) is 37.1. The third kappa shape index (κ3) is 34.6. The summed E-state index contributed by atoms with van der Waals surface area (Å²) < 4.78 is 18.1. The summed E-state index contributed by atoms with van der Waals surface area (Å²) in [6.07, 6.45) is 13.2. The lowest BCUT2D eigenvalue weighted by Gasteiger charge is -2.41. The molecule has 0 aromatic carbocycles. The Labute approximate surface area is 699 Å². The second-order valence-corrected chi connectivity index (χ2v) is 37.1. The van der Waals surface area contributed by atoms with Crippen LogP contribution in [-0.4, -0.2) is 194 Å². The lowest BCUT2D eigenvalue weighted by molar-refractivity contribution is -0.252. The van der Waals surface area contributed by atoms with Gasteiger partial charge in [-0.25, -0.2) is 63.5 Å². The first kappa shape index (κ1) is 103. The third-order valence-electron chi connectivity index (χ3n) is 19.5. The van der Waals surface area contributed by atoms with Gasteiger partial charge in [-0.05, 0) is 118 Å². The van der Waals surface area contributed by atoms with Crippen LogP contribution < -0.4 is 71.9 Å². The molecule has 0 aliphatic heterocycles. The number of Topliss-reactive ketones (excluding diaryl/α,β-unsaturated/α-hetero) is 3. The summed E-state index contributed by atoms with van der Waals surface area (Å²) in [7, 11) is 4.53. The van der Waals surface area contributed by atoms with Crippen molar-refractivity contribution in [2.24, 2.45) is 62.6 Å². The van der Waals surface area contributed by atoms with Gasteiger partial charge in [-0.3, -0.25) is 39.4 Å². The van der Waals surface area contributed by atoms with E-state index in [0.717, 1.165) is 81.3 Å². The number of primary amides is 2. The maximum atomic E-state index is 13.6. The van der Waals surface area contributed by atoms with Crippen LogP contribution in [0.4, 0.5) is 15.5 Å². The molecule has 119 heavy (non-hydrogen) atoms. The Kier molecular flexibility index (Phi) is 39.3. The number of nitrogens with zero attached hydrogens (tertiary/aromatic N) is 13. The minimum absolute atomic E-state index is 0.0000151. The van der Waals surface area contributed by atoms with Gasteiger partial charge in [0, 0.05) is 128 Å². The van der Waals surface area contributed by atoms with E-state index in [1.165, 1.54) is 49.3 Å². The zero-order valence-corrected chi connectivity index (χ0v) is 74.8. The number of nitrogens with two attached hydrogens (primary N) is 4. The maximum absolute atomic E-state index is 13.6. The van der Waals surface area contributed by atoms with Gasteiger partial charge in [0.2, 0.25) is 23.5 Å². The Morgan fingerprint density at radius 1 is 0.546 bits per heavy atom. The summed E-state index contributed by atoms with van der Waals surface area (Å²) in [5, 5.41) is 33.8. The van der Waals surface area contributed by atoms with Gasteiger partial charge in [-0.15, -0.1) is 0 Å². The molecule has 662 valence electrons. The number of methoxy groups -OCH3 is 3. The quantitative estimate of drug-likeness (QED) is 0.0127. The minimum Gasteiger partial charge on any atom is -0.353 e. The van der Waals surface area contributed by atoms with Gasteiger partial charge in [0.1, 0.15) is 12.0 Å². The van der Waals surface area contributed by atoms with Crippen LogP contribution in [0.1, 0.15) is 241 Å². The number of hydrazine groups is 1. The van der Waals surface area contributed by atoms with Crippen LogP contribution in [0.3, 0.4) is 0 Å². The molecule has 4 saturated carbocycles. The number of rotatable bonds is 14. The van der Waals surface area contributed by atoms with Crippen molar-refractivity contribution in [3.05, 3.63) is 98.1 Å². The van der Waals surface area contributed by atoms with Crippen LogP contribution in [0.15, 0.2) is 51.9 Å². The standard InChI is InChI=1S/C26H41N7O2.C17H31N3O2.2C9H12N4O.C8H14N4O.C7H11NO.C4H10O3.CH5N3O/c1-15(34)29-20-12-16(31-26(5,6)7)8-9-17(20)18-10-11-19(23(18)35)30-24-28-14-27-22-13-21(25(2,3)4)32-33(22)24;1-10(21)19-15-9-11(20-17(2,3)4)5-6-12(15)13-7-8-14(18)16(13)22;2*1-9(2,3)6-4-7-10-5-11-8(14)13(7)12-6;1-8(2,3)6(5-10-4)11-12-7(9)13;1-7(2,3)6(9)5-8-4;1-5-4(6-2)7-3;2-1(5)4-3/h13-14,16-20,31H,8-12H2,1-7H3,(H,29,34)(H,27,28,30);11-15,20H,5-9,18H2,1-4H3,(H,19,21);2*4-5H,1-3H3,(H,10,11,14);5H2,1-3H3,(H3,9,12,13);5H2,1-3H3;4H,1-3H3;3H2,(H3,2,4,5)/b;;;;11-6+;;;/t16-,17-,18?,19?,20-;11-,12-,13?,14+,15-;;;;;;/m11....../s1. The van der Waals surface area contributed by atoms with Gasteiger partial charge < -0.3 is 67.7 Å². The van der Waals surface area contributed by atoms with Crippen LogP contribution >= 0.6 is 0 Å². The molecule has 38 heteroatoms. The van der Waals surface area contributed by atoms with Gasteiger partial charge in [0.25, 0.3) is 19.6 Å². The fourth-order valence-electron chi connectivity index (χ4n) is 13.6. The Hall–Kier alpha value is -10.1. The van der Waals surface area contributed by atoms with Crippen LogP contribution in [-0.2, 0) is 54.4 Å². The number of ketones is 3.